The predicted octanol–water partition coefficient (Wildman–Crippen LogP) is 16.1. The van der Waals surface area contributed by atoms with E-state index in [0.717, 1.165) is 70.0 Å². The number of hydrogen-bond donors (Lipinski definition) is 0. The molecule has 0 saturated heterocycles. The Labute approximate surface area is 449 Å². The highest BCUT2D eigenvalue weighted by Gasteiger charge is 2.34. The molecule has 366 valence electrons. The monoisotopic (exact) mass is 998 g/mol. The van der Waals surface area contributed by atoms with E-state index < -0.39 is 0 Å². The largest absolute Gasteiger partial charge is 0.277 e. The van der Waals surface area contributed by atoms with Gasteiger partial charge in [-0.15, -0.1) is 0 Å². The van der Waals surface area contributed by atoms with E-state index in [1.54, 1.807) is 0 Å². The summed E-state index contributed by atoms with van der Waals surface area (Å²) >= 11 is 0. The van der Waals surface area contributed by atoms with Crippen molar-refractivity contribution in [3.63, 3.8) is 0 Å². The minimum Gasteiger partial charge on any atom is -0.277 e. The van der Waals surface area contributed by atoms with Crippen molar-refractivity contribution in [2.75, 3.05) is 0 Å². The van der Waals surface area contributed by atoms with E-state index in [9.17, 15) is 0 Å². The summed E-state index contributed by atoms with van der Waals surface area (Å²) in [4.78, 5) is 32.0. The van der Waals surface area contributed by atoms with Crippen LogP contribution in [0.1, 0.15) is 22.3 Å². The van der Waals surface area contributed by atoms with Gasteiger partial charge in [-0.05, 0) is 118 Å². The van der Waals surface area contributed by atoms with Crippen LogP contribution in [0, 0.1) is 0 Å². The van der Waals surface area contributed by atoms with Gasteiger partial charge >= 0.3 is 0 Å². The average Bonchev–Trinajstić information content (AvgIpc) is 4.18. The van der Waals surface area contributed by atoms with Crippen LogP contribution >= 0.6 is 0 Å². The van der Waals surface area contributed by atoms with E-state index in [2.05, 4.69) is 167 Å². The molecule has 14 aromatic rings. The second-order valence-electron chi connectivity index (χ2n) is 20.5. The first-order valence-corrected chi connectivity index (χ1v) is 26.8. The molecule has 0 unspecified atom stereocenters. The Hall–Kier alpha value is -10.2. The summed E-state index contributed by atoms with van der Waals surface area (Å²) in [6.45, 7) is 0. The lowest BCUT2D eigenvalue weighted by atomic mass is 9.74. The molecule has 8 heteroatoms. The molecule has 0 amide bonds. The van der Waals surface area contributed by atoms with Gasteiger partial charge in [-0.2, -0.15) is 19.9 Å². The van der Waals surface area contributed by atoms with Crippen LogP contribution in [0.5, 0.6) is 0 Å². The molecule has 0 fully saturated rings. The van der Waals surface area contributed by atoms with Gasteiger partial charge in [0.25, 0.3) is 0 Å². The highest BCUT2D eigenvalue weighted by Crippen LogP contribution is 2.51. The van der Waals surface area contributed by atoms with Gasteiger partial charge in [-0.25, -0.2) is 9.97 Å². The van der Waals surface area contributed by atoms with Gasteiger partial charge in [-0.1, -0.05) is 194 Å². The van der Waals surface area contributed by atoms with E-state index >= 15 is 0 Å². The lowest BCUT2D eigenvalue weighted by molar-refractivity contribution is 0.874. The standard InChI is InChI=1S/C70H46N8/c1-7-19-43(20-8-1)49-33-37-59-55(39-49)57-41-51-31-36-54-62-52(32-35-53(61(51)62)63(57)77(59)69-73-65(45-23-11-3-12-24-45)71-66(74-69)46-25-13-4-14-26-46)42-58-56-40-50(44-21-9-2-10-22-44)34-38-60(56)78(64(54)58)70-75-67(47-27-15-5-16-28-47)72-68(76-70)48-29-17-6-18-30-48/h1-30,33-34,37-42H,31-32,35-36H2. The fraction of sp³-hybridized carbons (Fsp3) is 0.0571. The summed E-state index contributed by atoms with van der Waals surface area (Å²) in [5.74, 6) is 3.70. The van der Waals surface area contributed by atoms with Crippen molar-refractivity contribution in [1.82, 2.24) is 39.0 Å². The van der Waals surface area contributed by atoms with Gasteiger partial charge < -0.3 is 0 Å². The van der Waals surface area contributed by atoms with E-state index in [0.29, 0.717) is 35.2 Å². The number of nitrogens with zero attached hydrogens (tertiary/aromatic N) is 8. The van der Waals surface area contributed by atoms with Gasteiger partial charge in [0.1, 0.15) is 0 Å². The summed E-state index contributed by atoms with van der Waals surface area (Å²) in [6, 6.07) is 81.3. The van der Waals surface area contributed by atoms with E-state index in [1.165, 1.54) is 77.2 Å². The number of aromatic nitrogens is 8. The number of rotatable bonds is 8. The summed E-state index contributed by atoms with van der Waals surface area (Å²) in [7, 11) is 0. The van der Waals surface area contributed by atoms with Crippen LogP contribution in [0.4, 0.5) is 0 Å². The molecule has 0 saturated carbocycles. The predicted molar refractivity (Wildman–Crippen MR) is 315 cm³/mol. The molecule has 10 aromatic carbocycles. The molecular weight excluding hydrogens is 953 g/mol. The van der Waals surface area contributed by atoms with Gasteiger partial charge in [-0.3, -0.25) is 9.13 Å². The summed E-state index contributed by atoms with van der Waals surface area (Å²) in [5.41, 5.74) is 20.9. The van der Waals surface area contributed by atoms with Crippen LogP contribution in [-0.4, -0.2) is 39.0 Å². The van der Waals surface area contributed by atoms with Gasteiger partial charge in [0.15, 0.2) is 23.3 Å². The average molecular weight is 999 g/mol. The van der Waals surface area contributed by atoms with Crippen molar-refractivity contribution in [2.45, 2.75) is 25.7 Å². The van der Waals surface area contributed by atoms with Crippen LogP contribution < -0.4 is 0 Å². The van der Waals surface area contributed by atoms with Crippen LogP contribution in [0.25, 0.3) is 134 Å². The maximum Gasteiger partial charge on any atom is 0.238 e. The molecule has 0 radical (unpaired) electrons. The lowest BCUT2D eigenvalue weighted by Crippen LogP contribution is -2.17. The fourth-order valence-corrected chi connectivity index (χ4v) is 12.5. The second-order valence-corrected chi connectivity index (χ2v) is 20.5. The highest BCUT2D eigenvalue weighted by atomic mass is 15.2. The molecule has 4 heterocycles. The first-order valence-electron chi connectivity index (χ1n) is 26.8. The van der Waals surface area contributed by atoms with Gasteiger partial charge in [0.2, 0.25) is 11.9 Å². The molecule has 2 aliphatic rings. The number of fused-ring (bicyclic) bond motifs is 8. The van der Waals surface area contributed by atoms with Crippen LogP contribution in [0.2, 0.25) is 0 Å². The molecular formula is C70H46N8. The Morgan fingerprint density at radius 1 is 0.256 bits per heavy atom. The van der Waals surface area contributed by atoms with Crippen molar-refractivity contribution >= 4 is 43.6 Å². The molecule has 2 aliphatic carbocycles. The zero-order chi connectivity index (χ0) is 51.3. The van der Waals surface area contributed by atoms with Gasteiger partial charge in [0.05, 0.1) is 22.1 Å². The number of aryl methyl sites for hydroxylation is 4. The summed E-state index contributed by atoms with van der Waals surface area (Å²) in [6.07, 6.45) is 3.44. The van der Waals surface area contributed by atoms with Crippen LogP contribution in [-0.2, 0) is 25.7 Å². The normalized spacial score (nSPS) is 12.7. The third-order valence-electron chi connectivity index (χ3n) is 16.0. The topological polar surface area (TPSA) is 87.2 Å². The highest BCUT2D eigenvalue weighted by molar-refractivity contribution is 6.16. The fourth-order valence-electron chi connectivity index (χ4n) is 12.5. The van der Waals surface area contributed by atoms with Crippen LogP contribution in [0.15, 0.2) is 231 Å². The maximum atomic E-state index is 5.42. The minimum absolute atomic E-state index is 0.594. The smallest absolute Gasteiger partial charge is 0.238 e. The quantitative estimate of drug-likeness (QED) is 0.151. The Morgan fingerprint density at radius 2 is 0.564 bits per heavy atom. The summed E-state index contributed by atoms with van der Waals surface area (Å²) in [5, 5.41) is 4.77. The van der Waals surface area contributed by atoms with Crippen molar-refractivity contribution in [2.24, 2.45) is 0 Å². The zero-order valence-corrected chi connectivity index (χ0v) is 42.3. The zero-order valence-electron chi connectivity index (χ0n) is 42.3. The molecule has 0 spiro atoms. The first-order chi connectivity index (χ1) is 38.7. The summed E-state index contributed by atoms with van der Waals surface area (Å²) < 4.78 is 4.69. The van der Waals surface area contributed by atoms with Gasteiger partial charge in [0, 0.05) is 43.8 Å². The SMILES string of the molecule is c1ccc(-c2ccc3c(c2)c2cc4c5c(c2n3-c2nc(-c3ccccc3)nc(-c3ccccc3)n2)CCc2cc3c6cc(-c7ccccc7)ccc6n(-c6nc(-c7ccccc7)nc(-c7ccccc7)n6)c3c(c2-5)CC4)cc1. The molecule has 0 bridgehead atoms. The van der Waals surface area contributed by atoms with Crippen molar-refractivity contribution in [3.8, 4) is 90.8 Å². The molecule has 0 atom stereocenters. The number of hydrogen-bond acceptors (Lipinski definition) is 6. The van der Waals surface area contributed by atoms with E-state index in [-0.39, 0.29) is 0 Å². The maximum absolute atomic E-state index is 5.42. The Kier molecular flexibility index (Phi) is 10.0. The van der Waals surface area contributed by atoms with Crippen molar-refractivity contribution < 1.29 is 0 Å². The third-order valence-corrected chi connectivity index (χ3v) is 16.0. The molecule has 0 aliphatic heterocycles. The Morgan fingerprint density at radius 3 is 0.885 bits per heavy atom. The van der Waals surface area contributed by atoms with Crippen molar-refractivity contribution in [1.29, 1.82) is 0 Å². The second kappa shape index (κ2) is 17.7. The lowest BCUT2D eigenvalue weighted by Gasteiger charge is -2.31. The Bertz CT molecular complexity index is 4270. The molecule has 4 aromatic heterocycles. The van der Waals surface area contributed by atoms with Crippen LogP contribution in [0.3, 0.4) is 0 Å². The molecule has 8 nitrogen and oxygen atoms in total. The first kappa shape index (κ1) is 44.1. The molecule has 0 N–H and O–H groups in total. The number of benzene rings is 10. The minimum atomic E-state index is 0.594. The Balaban J connectivity index is 0.998. The molecule has 16 rings (SSSR count). The third kappa shape index (κ3) is 7.07. The van der Waals surface area contributed by atoms with Crippen molar-refractivity contribution in [3.05, 3.63) is 253 Å². The van der Waals surface area contributed by atoms with E-state index in [1.807, 2.05) is 72.8 Å². The molecule has 78 heavy (non-hydrogen) atoms. The van der Waals surface area contributed by atoms with E-state index in [4.69, 9.17) is 29.9 Å².